The Hall–Kier alpha value is -2.92. The fourth-order valence-corrected chi connectivity index (χ4v) is 6.43. The zero-order valence-electron chi connectivity index (χ0n) is 22.9. The number of nitrogens with one attached hydrogen (secondary N) is 1. The Kier molecular flexibility index (Phi) is 13.9. The lowest BCUT2D eigenvalue weighted by atomic mass is 10.1. The summed E-state index contributed by atoms with van der Waals surface area (Å²) >= 11 is 0. The Bertz CT molecular complexity index is 1030. The maximum absolute atomic E-state index is 12.3. The first-order valence-corrected chi connectivity index (χ1v) is 15.1. The van der Waals surface area contributed by atoms with Gasteiger partial charge >= 0.3 is 20.9 Å². The number of carbonyl (C=O) groups is 2. The van der Waals surface area contributed by atoms with E-state index in [1.54, 1.807) is 6.08 Å². The molecule has 0 saturated heterocycles. The van der Waals surface area contributed by atoms with Crippen LogP contribution in [0.5, 0.6) is 5.75 Å². The number of alkyl carbamates (subject to hydrolysis) is 1. The van der Waals surface area contributed by atoms with Crippen LogP contribution in [0.3, 0.4) is 0 Å². The Morgan fingerprint density at radius 1 is 0.895 bits per heavy atom. The van der Waals surface area contributed by atoms with Gasteiger partial charge in [-0.3, -0.25) is 0 Å². The molecule has 0 aliphatic rings. The van der Waals surface area contributed by atoms with E-state index in [1.807, 2.05) is 64.1 Å². The summed E-state index contributed by atoms with van der Waals surface area (Å²) in [5.41, 5.74) is 0.416. The van der Waals surface area contributed by atoms with Gasteiger partial charge in [-0.15, -0.1) is 0 Å². The van der Waals surface area contributed by atoms with Gasteiger partial charge in [-0.05, 0) is 94.0 Å². The highest BCUT2D eigenvalue weighted by molar-refractivity contribution is 6.62. The molecule has 0 saturated carbocycles. The van der Waals surface area contributed by atoms with E-state index < -0.39 is 26.5 Å². The van der Waals surface area contributed by atoms with Crippen LogP contribution in [0.15, 0.2) is 42.5 Å². The zero-order valence-corrected chi connectivity index (χ0v) is 23.9. The number of unbranched alkanes of at least 4 members (excludes halogenated alkanes) is 3. The first kappa shape index (κ1) is 31.3. The van der Waals surface area contributed by atoms with Gasteiger partial charge in [0, 0.05) is 25.9 Å². The number of carbonyl (C=O) groups excluding carboxylic acids is 1. The minimum absolute atomic E-state index is 0.334. The van der Waals surface area contributed by atoms with Gasteiger partial charge in [-0.1, -0.05) is 18.2 Å². The normalized spacial score (nSPS) is 12.5. The van der Waals surface area contributed by atoms with E-state index >= 15 is 0 Å². The predicted octanol–water partition coefficient (Wildman–Crippen LogP) is 5.58. The lowest BCUT2D eigenvalue weighted by Crippen LogP contribution is -2.61. The van der Waals surface area contributed by atoms with Crippen molar-refractivity contribution < 1.29 is 37.4 Å². The van der Waals surface area contributed by atoms with Crippen LogP contribution in [0.4, 0.5) is 4.79 Å². The van der Waals surface area contributed by atoms with Crippen LogP contribution < -0.4 is 10.1 Å². The van der Waals surface area contributed by atoms with Crippen molar-refractivity contribution in [3.63, 3.8) is 0 Å². The molecule has 0 bridgehead atoms. The molecule has 0 spiro atoms. The quantitative estimate of drug-likeness (QED) is 0.141. The number of benzene rings is 2. The number of hydrogen-bond acceptors (Lipinski definition) is 7. The Morgan fingerprint density at radius 2 is 1.50 bits per heavy atom. The summed E-state index contributed by atoms with van der Waals surface area (Å²) in [6.45, 7) is 9.69. The largest absolute Gasteiger partial charge is 0.524 e. The van der Waals surface area contributed by atoms with Crippen LogP contribution in [0.25, 0.3) is 16.8 Å². The van der Waals surface area contributed by atoms with Crippen molar-refractivity contribution in [3.8, 4) is 5.75 Å². The second-order valence-electron chi connectivity index (χ2n) is 8.61. The van der Waals surface area contributed by atoms with Gasteiger partial charge in [0.1, 0.15) is 5.75 Å². The Balaban J connectivity index is 1.65. The molecule has 38 heavy (non-hydrogen) atoms. The summed E-state index contributed by atoms with van der Waals surface area (Å²) in [6, 6.07) is 11.6. The highest BCUT2D eigenvalue weighted by atomic mass is 28.4. The molecule has 1 amide bonds. The van der Waals surface area contributed by atoms with Gasteiger partial charge < -0.3 is 33.2 Å². The third kappa shape index (κ3) is 10.4. The number of aliphatic carboxylic acids is 1. The Labute approximate surface area is 226 Å². The predicted molar refractivity (Wildman–Crippen MR) is 149 cm³/mol. The molecule has 2 aromatic carbocycles. The molecule has 0 aliphatic carbocycles. The molecule has 10 heteroatoms. The molecule has 1 atom stereocenters. The van der Waals surface area contributed by atoms with E-state index in [2.05, 4.69) is 5.32 Å². The number of carboxylic acids is 1. The van der Waals surface area contributed by atoms with Crippen molar-refractivity contribution in [2.24, 2.45) is 0 Å². The monoisotopic (exact) mass is 547 g/mol. The van der Waals surface area contributed by atoms with Crippen molar-refractivity contribution in [2.75, 3.05) is 33.0 Å². The van der Waals surface area contributed by atoms with Crippen molar-refractivity contribution in [1.29, 1.82) is 0 Å². The van der Waals surface area contributed by atoms with Crippen LogP contribution in [-0.4, -0.2) is 64.7 Å². The third-order valence-electron chi connectivity index (χ3n) is 5.70. The van der Waals surface area contributed by atoms with E-state index in [0.717, 1.165) is 53.8 Å². The molecule has 0 heterocycles. The van der Waals surface area contributed by atoms with Crippen LogP contribution >= 0.6 is 0 Å². The van der Waals surface area contributed by atoms with E-state index in [-0.39, 0.29) is 0 Å². The summed E-state index contributed by atoms with van der Waals surface area (Å²) in [4.78, 5) is 22.9. The molecule has 2 rings (SSSR count). The summed E-state index contributed by atoms with van der Waals surface area (Å²) in [5, 5.41) is 13.6. The summed E-state index contributed by atoms with van der Waals surface area (Å²) in [7, 11) is -3.03. The molecular weight excluding hydrogens is 506 g/mol. The molecule has 210 valence electrons. The average Bonchev–Trinajstić information content (AvgIpc) is 2.89. The van der Waals surface area contributed by atoms with Crippen molar-refractivity contribution in [2.45, 2.75) is 59.0 Å². The highest BCUT2D eigenvalue weighted by Gasteiger charge is 2.48. The first-order valence-electron chi connectivity index (χ1n) is 13.3. The summed E-state index contributed by atoms with van der Waals surface area (Å²) < 4.78 is 28.7. The second kappa shape index (κ2) is 16.8. The Morgan fingerprint density at radius 3 is 2.13 bits per heavy atom. The van der Waals surface area contributed by atoms with Crippen LogP contribution in [0, 0.1) is 0 Å². The minimum atomic E-state index is -3.03. The first-order chi connectivity index (χ1) is 18.3. The fourth-order valence-electron chi connectivity index (χ4n) is 3.93. The number of amides is 1. The standard InChI is InChI=1S/C28H41NO8Si/c1-5-35-38(36-6-2,37-7-3)22(4)29-28(32)34-19-11-9-8-10-18-33-26-16-15-24-20-23(13-17-27(30)31)12-14-25(24)21-26/h12-17,20-22H,5-11,18-19H2,1-4H3,(H,29,32)(H,30,31)/b17-13+. The number of ether oxygens (including phenoxy) is 2. The van der Waals surface area contributed by atoms with E-state index in [9.17, 15) is 9.59 Å². The number of carboxylic acid groups (broad SMARTS) is 1. The summed E-state index contributed by atoms with van der Waals surface area (Å²) in [5.74, 6) is -0.172. The SMILES string of the molecule is CCO[Si](OCC)(OCC)C(C)NC(=O)OCCCCCCOc1ccc2cc(/C=C/C(=O)O)ccc2c1. The van der Waals surface area contributed by atoms with Gasteiger partial charge in [-0.2, -0.15) is 0 Å². The van der Waals surface area contributed by atoms with E-state index in [0.29, 0.717) is 33.0 Å². The highest BCUT2D eigenvalue weighted by Crippen LogP contribution is 2.23. The van der Waals surface area contributed by atoms with Gasteiger partial charge in [0.2, 0.25) is 0 Å². The van der Waals surface area contributed by atoms with Gasteiger partial charge in [0.15, 0.2) is 0 Å². The minimum Gasteiger partial charge on any atom is -0.494 e. The van der Waals surface area contributed by atoms with Crippen LogP contribution in [0.2, 0.25) is 0 Å². The fraction of sp³-hybridized carbons (Fsp3) is 0.500. The number of rotatable bonds is 18. The maximum Gasteiger partial charge on any atom is 0.524 e. The van der Waals surface area contributed by atoms with Gasteiger partial charge in [-0.25, -0.2) is 9.59 Å². The molecular formula is C28H41NO8Si. The van der Waals surface area contributed by atoms with Gasteiger partial charge in [0.25, 0.3) is 0 Å². The molecule has 0 radical (unpaired) electrons. The van der Waals surface area contributed by atoms with E-state index in [4.69, 9.17) is 27.9 Å². The second-order valence-corrected chi connectivity index (χ2v) is 11.5. The number of fused-ring (bicyclic) bond motifs is 1. The van der Waals surface area contributed by atoms with Gasteiger partial charge in [0.05, 0.1) is 18.9 Å². The lowest BCUT2D eigenvalue weighted by Gasteiger charge is -2.33. The smallest absolute Gasteiger partial charge is 0.494 e. The molecule has 2 N–H and O–H groups in total. The number of hydrogen-bond donors (Lipinski definition) is 2. The maximum atomic E-state index is 12.3. The lowest BCUT2D eigenvalue weighted by molar-refractivity contribution is -0.131. The molecule has 1 unspecified atom stereocenters. The molecule has 0 aliphatic heterocycles. The zero-order chi connectivity index (χ0) is 27.8. The molecule has 0 aromatic heterocycles. The van der Waals surface area contributed by atoms with Crippen molar-refractivity contribution >= 4 is 37.7 Å². The third-order valence-corrected chi connectivity index (χ3v) is 8.97. The molecule has 2 aromatic rings. The average molecular weight is 548 g/mol. The van der Waals surface area contributed by atoms with Crippen LogP contribution in [-0.2, 0) is 22.8 Å². The van der Waals surface area contributed by atoms with Crippen molar-refractivity contribution in [3.05, 3.63) is 48.0 Å². The topological polar surface area (TPSA) is 113 Å². The van der Waals surface area contributed by atoms with Crippen LogP contribution in [0.1, 0.15) is 58.9 Å². The van der Waals surface area contributed by atoms with Crippen molar-refractivity contribution in [1.82, 2.24) is 5.32 Å². The summed E-state index contributed by atoms with van der Waals surface area (Å²) in [6.07, 6.45) is 5.74. The molecule has 9 nitrogen and oxygen atoms in total. The van der Waals surface area contributed by atoms with E-state index in [1.165, 1.54) is 0 Å². The molecule has 0 fully saturated rings.